The maximum Gasteiger partial charge on any atom is 0.282 e. The van der Waals surface area contributed by atoms with E-state index < -0.39 is 5.82 Å². The first kappa shape index (κ1) is 23.1. The number of carbonyl (C=O) groups is 2. The number of hydrogen-bond donors (Lipinski definition) is 1. The molecule has 0 unspecified atom stereocenters. The minimum atomic E-state index is -0.394. The predicted octanol–water partition coefficient (Wildman–Crippen LogP) is 3.06. The molecule has 2 aromatic carbocycles. The first-order valence-corrected chi connectivity index (χ1v) is 11.6. The van der Waals surface area contributed by atoms with Gasteiger partial charge in [-0.05, 0) is 48.2 Å². The van der Waals surface area contributed by atoms with Crippen LogP contribution in [0.2, 0.25) is 0 Å². The molecule has 1 N–H and O–H groups in total. The summed E-state index contributed by atoms with van der Waals surface area (Å²) in [5, 5.41) is 9.21. The van der Waals surface area contributed by atoms with Crippen molar-refractivity contribution in [3.63, 3.8) is 0 Å². The molecular formula is C26H30FN3O3. The number of aliphatic hydroxyl groups excluding tert-OH is 1. The SMILES string of the molecule is CCCCc1ccc(N2C(=O)C(c3ccc(F)cc3)=C(N3CCN(CCO)CC3)C2=O)cc1. The van der Waals surface area contributed by atoms with Gasteiger partial charge in [0.2, 0.25) is 0 Å². The number of amides is 2. The molecule has 2 amide bonds. The molecule has 0 atom stereocenters. The standard InChI is InChI=1S/C26H30FN3O3/c1-2-3-4-19-5-11-22(12-6-19)30-25(32)23(20-7-9-21(27)10-8-20)24(26(30)33)29-15-13-28(14-16-29)17-18-31/h5-12,31H,2-4,13-18H2,1H3. The number of hydrogen-bond acceptors (Lipinski definition) is 5. The van der Waals surface area contributed by atoms with Crippen molar-refractivity contribution < 1.29 is 19.1 Å². The maximum absolute atomic E-state index is 13.6. The predicted molar refractivity (Wildman–Crippen MR) is 126 cm³/mol. The summed E-state index contributed by atoms with van der Waals surface area (Å²) in [5.74, 6) is -1.13. The summed E-state index contributed by atoms with van der Waals surface area (Å²) in [4.78, 5) is 32.5. The van der Waals surface area contributed by atoms with E-state index in [1.54, 1.807) is 12.1 Å². The van der Waals surface area contributed by atoms with Gasteiger partial charge < -0.3 is 10.0 Å². The molecule has 174 valence electrons. The molecule has 0 spiro atoms. The van der Waals surface area contributed by atoms with Crippen LogP contribution in [0.3, 0.4) is 0 Å². The molecule has 4 rings (SSSR count). The Morgan fingerprint density at radius 1 is 0.909 bits per heavy atom. The smallest absolute Gasteiger partial charge is 0.282 e. The summed E-state index contributed by atoms with van der Waals surface area (Å²) < 4.78 is 13.6. The number of halogens is 1. The third-order valence-corrected chi connectivity index (χ3v) is 6.31. The van der Waals surface area contributed by atoms with Crippen LogP contribution in [0.25, 0.3) is 5.57 Å². The summed E-state index contributed by atoms with van der Waals surface area (Å²) in [6.07, 6.45) is 3.15. The van der Waals surface area contributed by atoms with Crippen molar-refractivity contribution in [2.75, 3.05) is 44.2 Å². The Kier molecular flexibility index (Phi) is 7.20. The number of rotatable bonds is 8. The van der Waals surface area contributed by atoms with E-state index in [1.807, 2.05) is 29.2 Å². The average molecular weight is 452 g/mol. The Morgan fingerprint density at radius 3 is 2.18 bits per heavy atom. The van der Waals surface area contributed by atoms with E-state index >= 15 is 0 Å². The fraction of sp³-hybridized carbons (Fsp3) is 0.385. The zero-order chi connectivity index (χ0) is 23.4. The zero-order valence-electron chi connectivity index (χ0n) is 19.0. The van der Waals surface area contributed by atoms with Crippen molar-refractivity contribution in [1.82, 2.24) is 9.80 Å². The van der Waals surface area contributed by atoms with Gasteiger partial charge in [-0.25, -0.2) is 9.29 Å². The number of unbranched alkanes of at least 4 members (excludes halogenated alkanes) is 1. The number of β-amino-alcohol motifs (C(OH)–C–C–N with tert-alkyl or cyclic N) is 1. The first-order valence-electron chi connectivity index (χ1n) is 11.6. The minimum absolute atomic E-state index is 0.0863. The number of imide groups is 1. The van der Waals surface area contributed by atoms with Gasteiger partial charge in [0, 0.05) is 32.7 Å². The van der Waals surface area contributed by atoms with Crippen molar-refractivity contribution in [2.24, 2.45) is 0 Å². The lowest BCUT2D eigenvalue weighted by atomic mass is 10.0. The van der Waals surface area contributed by atoms with Crippen molar-refractivity contribution >= 4 is 23.1 Å². The van der Waals surface area contributed by atoms with Gasteiger partial charge in [0.15, 0.2) is 0 Å². The van der Waals surface area contributed by atoms with Crippen molar-refractivity contribution in [1.29, 1.82) is 0 Å². The molecule has 1 saturated heterocycles. The maximum atomic E-state index is 13.6. The van der Waals surface area contributed by atoms with Crippen LogP contribution in [-0.2, 0) is 16.0 Å². The molecule has 2 aliphatic rings. The van der Waals surface area contributed by atoms with E-state index in [2.05, 4.69) is 11.8 Å². The number of piperazine rings is 1. The second-order valence-electron chi connectivity index (χ2n) is 8.50. The highest BCUT2D eigenvalue weighted by molar-refractivity contribution is 6.45. The van der Waals surface area contributed by atoms with E-state index in [9.17, 15) is 19.1 Å². The normalized spacial score (nSPS) is 17.4. The Hall–Kier alpha value is -3.03. The third kappa shape index (κ3) is 4.84. The van der Waals surface area contributed by atoms with Crippen molar-refractivity contribution in [3.05, 3.63) is 71.2 Å². The Morgan fingerprint density at radius 2 is 1.58 bits per heavy atom. The molecule has 0 bridgehead atoms. The van der Waals surface area contributed by atoms with E-state index in [0.29, 0.717) is 55.2 Å². The van der Waals surface area contributed by atoms with Crippen LogP contribution in [0.4, 0.5) is 10.1 Å². The van der Waals surface area contributed by atoms with Crippen LogP contribution in [0, 0.1) is 5.82 Å². The number of carbonyl (C=O) groups excluding carboxylic acids is 2. The molecule has 0 aliphatic carbocycles. The minimum Gasteiger partial charge on any atom is -0.395 e. The summed E-state index contributed by atoms with van der Waals surface area (Å²) in [5.41, 5.74) is 2.92. The number of anilines is 1. The quantitative estimate of drug-likeness (QED) is 0.625. The van der Waals surface area contributed by atoms with Gasteiger partial charge in [0.05, 0.1) is 17.9 Å². The van der Waals surface area contributed by atoms with Gasteiger partial charge >= 0.3 is 0 Å². The van der Waals surface area contributed by atoms with Crippen LogP contribution >= 0.6 is 0 Å². The molecular weight excluding hydrogens is 421 g/mol. The molecule has 6 nitrogen and oxygen atoms in total. The molecule has 0 aromatic heterocycles. The first-order chi connectivity index (χ1) is 16.0. The summed E-state index contributed by atoms with van der Waals surface area (Å²) >= 11 is 0. The van der Waals surface area contributed by atoms with Gasteiger partial charge in [-0.3, -0.25) is 14.5 Å². The lowest BCUT2D eigenvalue weighted by molar-refractivity contribution is -0.120. The lowest BCUT2D eigenvalue weighted by Crippen LogP contribution is -2.48. The molecule has 2 aliphatic heterocycles. The Labute approximate surface area is 193 Å². The molecule has 0 saturated carbocycles. The highest BCUT2D eigenvalue weighted by atomic mass is 19.1. The van der Waals surface area contributed by atoms with Crippen LogP contribution in [0.1, 0.15) is 30.9 Å². The van der Waals surface area contributed by atoms with Gasteiger partial charge in [-0.15, -0.1) is 0 Å². The van der Waals surface area contributed by atoms with Gasteiger partial charge in [0.25, 0.3) is 11.8 Å². The van der Waals surface area contributed by atoms with Crippen LogP contribution < -0.4 is 4.90 Å². The molecule has 2 aromatic rings. The molecule has 33 heavy (non-hydrogen) atoms. The highest BCUT2D eigenvalue weighted by Gasteiger charge is 2.43. The molecule has 7 heteroatoms. The second kappa shape index (κ2) is 10.3. The monoisotopic (exact) mass is 451 g/mol. The zero-order valence-corrected chi connectivity index (χ0v) is 19.0. The van der Waals surface area contributed by atoms with Crippen LogP contribution in [0.15, 0.2) is 54.2 Å². The van der Waals surface area contributed by atoms with E-state index in [-0.39, 0.29) is 18.4 Å². The number of aliphatic hydroxyl groups is 1. The number of benzene rings is 2. The van der Waals surface area contributed by atoms with Crippen molar-refractivity contribution in [3.8, 4) is 0 Å². The van der Waals surface area contributed by atoms with E-state index in [4.69, 9.17) is 0 Å². The molecule has 2 heterocycles. The Bertz CT molecular complexity index is 1030. The largest absolute Gasteiger partial charge is 0.395 e. The second-order valence-corrected chi connectivity index (χ2v) is 8.50. The van der Waals surface area contributed by atoms with Crippen LogP contribution in [-0.4, -0.2) is 66.1 Å². The third-order valence-electron chi connectivity index (χ3n) is 6.31. The fourth-order valence-electron chi connectivity index (χ4n) is 4.45. The molecule has 0 radical (unpaired) electrons. The summed E-state index contributed by atoms with van der Waals surface area (Å²) in [6.45, 7) is 5.34. The van der Waals surface area contributed by atoms with Crippen molar-refractivity contribution in [2.45, 2.75) is 26.2 Å². The van der Waals surface area contributed by atoms with Gasteiger partial charge in [-0.1, -0.05) is 37.6 Å². The average Bonchev–Trinajstić information content (AvgIpc) is 3.09. The summed E-state index contributed by atoms with van der Waals surface area (Å²) in [7, 11) is 0. The topological polar surface area (TPSA) is 64.1 Å². The fourth-order valence-corrected chi connectivity index (χ4v) is 4.45. The number of nitrogens with zero attached hydrogens (tertiary/aromatic N) is 3. The van der Waals surface area contributed by atoms with E-state index in [0.717, 1.165) is 19.3 Å². The molecule has 1 fully saturated rings. The number of aryl methyl sites for hydroxylation is 1. The summed E-state index contributed by atoms with van der Waals surface area (Å²) in [6, 6.07) is 13.3. The van der Waals surface area contributed by atoms with Crippen LogP contribution in [0.5, 0.6) is 0 Å². The van der Waals surface area contributed by atoms with Gasteiger partial charge in [-0.2, -0.15) is 0 Å². The lowest BCUT2D eigenvalue weighted by Gasteiger charge is -2.36. The van der Waals surface area contributed by atoms with E-state index in [1.165, 1.54) is 22.6 Å². The van der Waals surface area contributed by atoms with Gasteiger partial charge in [0.1, 0.15) is 11.5 Å². The Balaban J connectivity index is 1.66. The highest BCUT2D eigenvalue weighted by Crippen LogP contribution is 2.35.